The van der Waals surface area contributed by atoms with Crippen LogP contribution in [-0.4, -0.2) is 30.8 Å². The molecule has 1 aliphatic heterocycles. The van der Waals surface area contributed by atoms with Crippen LogP contribution in [0.4, 0.5) is 0 Å². The quantitative estimate of drug-likeness (QED) is 0.621. The Bertz CT molecular complexity index is 113. The van der Waals surface area contributed by atoms with Crippen LogP contribution in [0.15, 0.2) is 4.99 Å². The van der Waals surface area contributed by atoms with Crippen molar-refractivity contribution in [1.82, 2.24) is 0 Å². The molecule has 0 amide bonds. The van der Waals surface area contributed by atoms with Crippen molar-refractivity contribution in [2.45, 2.75) is 27.0 Å². The number of nitrogens with zero attached hydrogens (tertiary/aromatic N) is 1. The molecule has 0 spiro atoms. The Morgan fingerprint density at radius 3 is 2.45 bits per heavy atom. The molecule has 11 heavy (non-hydrogen) atoms. The van der Waals surface area contributed by atoms with Gasteiger partial charge >= 0.3 is 0 Å². The highest BCUT2D eigenvalue weighted by Gasteiger charge is 2.13. The van der Waals surface area contributed by atoms with E-state index in [9.17, 15) is 0 Å². The predicted octanol–water partition coefficient (Wildman–Crippen LogP) is 1.07. The second-order valence-corrected chi connectivity index (χ2v) is 2.62. The Morgan fingerprint density at radius 2 is 2.27 bits per heavy atom. The monoisotopic (exact) mass is 159 g/mol. The molecule has 0 saturated carbocycles. The summed E-state index contributed by atoms with van der Waals surface area (Å²) in [6.07, 6.45) is 1.96. The number of aliphatic hydroxyl groups is 1. The van der Waals surface area contributed by atoms with Gasteiger partial charge in [-0.1, -0.05) is 13.8 Å². The summed E-state index contributed by atoms with van der Waals surface area (Å²) in [4.78, 5) is 4.09. The maximum absolute atomic E-state index is 7.57. The molecule has 0 radical (unpaired) electrons. The molecule has 66 valence electrons. The Morgan fingerprint density at radius 1 is 1.73 bits per heavy atom. The first kappa shape index (κ1) is 10.6. The number of rotatable bonds is 1. The first-order valence-corrected chi connectivity index (χ1v) is 3.96. The van der Waals surface area contributed by atoms with Gasteiger partial charge in [-0.2, -0.15) is 0 Å². The second kappa shape index (κ2) is 6.31. The van der Waals surface area contributed by atoms with Gasteiger partial charge in [0.05, 0.1) is 6.61 Å². The van der Waals surface area contributed by atoms with E-state index in [0.717, 1.165) is 0 Å². The minimum atomic E-state index is 0.134. The molecule has 1 aliphatic rings. The van der Waals surface area contributed by atoms with E-state index in [2.05, 4.69) is 18.8 Å². The van der Waals surface area contributed by atoms with Crippen molar-refractivity contribution in [3.63, 3.8) is 0 Å². The van der Waals surface area contributed by atoms with E-state index in [1.54, 1.807) is 6.92 Å². The fraction of sp³-hybridized carbons (Fsp3) is 0.875. The van der Waals surface area contributed by atoms with Crippen LogP contribution in [0.3, 0.4) is 0 Å². The third kappa shape index (κ3) is 4.93. The van der Waals surface area contributed by atoms with Crippen LogP contribution in [-0.2, 0) is 4.74 Å². The first-order chi connectivity index (χ1) is 5.22. The van der Waals surface area contributed by atoms with Crippen LogP contribution in [0.25, 0.3) is 0 Å². The Hall–Kier alpha value is -0.410. The highest BCUT2D eigenvalue weighted by molar-refractivity contribution is 5.60. The molecule has 1 rings (SSSR count). The summed E-state index contributed by atoms with van der Waals surface area (Å²) in [6, 6.07) is 0. The smallest absolute Gasteiger partial charge is 0.150 e. The van der Waals surface area contributed by atoms with Gasteiger partial charge in [-0.25, -0.2) is 0 Å². The largest absolute Gasteiger partial charge is 0.397 e. The van der Waals surface area contributed by atoms with Crippen molar-refractivity contribution < 1.29 is 9.84 Å². The van der Waals surface area contributed by atoms with Crippen LogP contribution < -0.4 is 0 Å². The zero-order chi connectivity index (χ0) is 8.69. The lowest BCUT2D eigenvalue weighted by Crippen LogP contribution is -2.11. The van der Waals surface area contributed by atoms with Gasteiger partial charge in [0.1, 0.15) is 0 Å². The highest BCUT2D eigenvalue weighted by Crippen LogP contribution is 2.09. The summed E-state index contributed by atoms with van der Waals surface area (Å²) < 4.78 is 5.19. The van der Waals surface area contributed by atoms with Crippen molar-refractivity contribution in [2.24, 2.45) is 10.9 Å². The summed E-state index contributed by atoms with van der Waals surface area (Å²) >= 11 is 0. The minimum absolute atomic E-state index is 0.134. The normalized spacial score (nSPS) is 21.7. The van der Waals surface area contributed by atoms with Crippen LogP contribution in [0.5, 0.6) is 0 Å². The Labute approximate surface area is 68.1 Å². The van der Waals surface area contributed by atoms with Gasteiger partial charge in [0.2, 0.25) is 0 Å². The minimum Gasteiger partial charge on any atom is -0.397 e. The van der Waals surface area contributed by atoms with Crippen LogP contribution >= 0.6 is 0 Å². The number of aliphatic hydroxyl groups excluding tert-OH is 1. The summed E-state index contributed by atoms with van der Waals surface area (Å²) in [5.74, 6) is 0.522. The van der Waals surface area contributed by atoms with Gasteiger partial charge in [0.25, 0.3) is 0 Å². The fourth-order valence-corrected chi connectivity index (χ4v) is 0.696. The lowest BCUT2D eigenvalue weighted by Gasteiger charge is -2.09. The molecule has 0 fully saturated rings. The molecule has 0 aromatic heterocycles. The van der Waals surface area contributed by atoms with E-state index >= 15 is 0 Å². The van der Waals surface area contributed by atoms with Crippen molar-refractivity contribution in [3.8, 4) is 0 Å². The highest BCUT2D eigenvalue weighted by atomic mass is 16.5. The predicted molar refractivity (Wildman–Crippen MR) is 45.8 cm³/mol. The molecular formula is C8H17NO2. The van der Waals surface area contributed by atoms with E-state index in [4.69, 9.17) is 9.84 Å². The van der Waals surface area contributed by atoms with E-state index in [1.807, 2.05) is 6.21 Å². The molecule has 3 heteroatoms. The zero-order valence-corrected chi connectivity index (χ0v) is 7.45. The zero-order valence-electron chi connectivity index (χ0n) is 7.45. The van der Waals surface area contributed by atoms with Crippen molar-refractivity contribution in [3.05, 3.63) is 0 Å². The summed E-state index contributed by atoms with van der Waals surface area (Å²) in [5.41, 5.74) is 0. The maximum Gasteiger partial charge on any atom is 0.150 e. The summed E-state index contributed by atoms with van der Waals surface area (Å²) in [6.45, 7) is 6.84. The van der Waals surface area contributed by atoms with Gasteiger partial charge in [0.15, 0.2) is 6.23 Å². The molecule has 1 atom stereocenters. The van der Waals surface area contributed by atoms with Crippen molar-refractivity contribution in [1.29, 1.82) is 0 Å². The summed E-state index contributed by atoms with van der Waals surface area (Å²) in [5, 5.41) is 7.57. The van der Waals surface area contributed by atoms with Crippen LogP contribution in [0.1, 0.15) is 20.8 Å². The maximum atomic E-state index is 7.57. The molecule has 1 unspecified atom stereocenters. The van der Waals surface area contributed by atoms with E-state index in [-0.39, 0.29) is 12.8 Å². The molecule has 0 aromatic rings. The van der Waals surface area contributed by atoms with Gasteiger partial charge in [0, 0.05) is 12.8 Å². The average molecular weight is 159 g/mol. The molecule has 0 aromatic carbocycles. The standard InChI is InChI=1S/C6H11NO.C2H6O/c1-5(2)6-7-3-4-8-6;1-2-3/h3,5-6H,4H2,1-2H3;3H,2H2,1H3. The number of hydrogen-bond acceptors (Lipinski definition) is 3. The van der Waals surface area contributed by atoms with Gasteiger partial charge in [-0.3, -0.25) is 4.99 Å². The number of aliphatic imine (C=N–C) groups is 1. The summed E-state index contributed by atoms with van der Waals surface area (Å²) in [7, 11) is 0. The van der Waals surface area contributed by atoms with Crippen LogP contribution in [0, 0.1) is 5.92 Å². The van der Waals surface area contributed by atoms with E-state index < -0.39 is 0 Å². The van der Waals surface area contributed by atoms with Crippen molar-refractivity contribution in [2.75, 3.05) is 13.2 Å². The molecule has 1 heterocycles. The molecule has 1 N–H and O–H groups in total. The van der Waals surface area contributed by atoms with Crippen molar-refractivity contribution >= 4 is 6.21 Å². The molecule has 0 saturated heterocycles. The topological polar surface area (TPSA) is 41.8 Å². The second-order valence-electron chi connectivity index (χ2n) is 2.62. The third-order valence-corrected chi connectivity index (χ3v) is 1.16. The lowest BCUT2D eigenvalue weighted by molar-refractivity contribution is 0.0733. The number of hydrogen-bond donors (Lipinski definition) is 1. The molecule has 0 bridgehead atoms. The lowest BCUT2D eigenvalue weighted by atomic mass is 10.2. The van der Waals surface area contributed by atoms with E-state index in [0.29, 0.717) is 12.5 Å². The number of ether oxygens (including phenoxy) is 1. The van der Waals surface area contributed by atoms with E-state index in [1.165, 1.54) is 0 Å². The molecule has 3 nitrogen and oxygen atoms in total. The first-order valence-electron chi connectivity index (χ1n) is 3.96. The Balaban J connectivity index is 0.000000292. The average Bonchev–Trinajstić information content (AvgIpc) is 2.38. The van der Waals surface area contributed by atoms with Gasteiger partial charge in [-0.15, -0.1) is 0 Å². The van der Waals surface area contributed by atoms with Gasteiger partial charge < -0.3 is 9.84 Å². The SMILES string of the molecule is CC(C)C1N=CCO1.CCO. The fourth-order valence-electron chi connectivity index (χ4n) is 0.696. The third-order valence-electron chi connectivity index (χ3n) is 1.16. The molecular weight excluding hydrogens is 142 g/mol. The molecule has 0 aliphatic carbocycles. The van der Waals surface area contributed by atoms with Gasteiger partial charge in [-0.05, 0) is 12.8 Å². The Kier molecular flexibility index (Phi) is 6.07. The van der Waals surface area contributed by atoms with Crippen LogP contribution in [0.2, 0.25) is 0 Å².